The maximum Gasteiger partial charge on any atom is 0.326 e. The van der Waals surface area contributed by atoms with E-state index in [2.05, 4.69) is 5.32 Å². The maximum atomic E-state index is 11.7. The maximum absolute atomic E-state index is 11.7. The number of amides is 2. The van der Waals surface area contributed by atoms with E-state index >= 15 is 0 Å². The van der Waals surface area contributed by atoms with Gasteiger partial charge < -0.3 is 25.2 Å². The van der Waals surface area contributed by atoms with Gasteiger partial charge in [0.15, 0.2) is 0 Å². The minimum Gasteiger partial charge on any atom is -0.480 e. The summed E-state index contributed by atoms with van der Waals surface area (Å²) in [5, 5.41) is 19.9. The van der Waals surface area contributed by atoms with Crippen molar-refractivity contribution >= 4 is 12.0 Å². The van der Waals surface area contributed by atoms with Crippen LogP contribution in [0, 0.1) is 0 Å². The lowest BCUT2D eigenvalue weighted by Gasteiger charge is -2.23. The molecule has 2 amide bonds. The molecule has 0 aromatic carbocycles. The summed E-state index contributed by atoms with van der Waals surface area (Å²) >= 11 is 0. The van der Waals surface area contributed by atoms with E-state index in [1.807, 2.05) is 0 Å². The number of aliphatic hydroxyl groups excluding tert-OH is 1. The van der Waals surface area contributed by atoms with E-state index in [1.54, 1.807) is 7.05 Å². The van der Waals surface area contributed by atoms with Gasteiger partial charge in [-0.2, -0.15) is 0 Å². The molecular formula is C11H20N2O5. The normalized spacial score (nSPS) is 20.4. The molecule has 3 N–H and O–H groups in total. The van der Waals surface area contributed by atoms with Crippen LogP contribution < -0.4 is 5.32 Å². The zero-order valence-corrected chi connectivity index (χ0v) is 10.5. The highest BCUT2D eigenvalue weighted by Crippen LogP contribution is 2.12. The molecule has 1 aliphatic heterocycles. The van der Waals surface area contributed by atoms with Crippen LogP contribution in [-0.2, 0) is 9.53 Å². The number of hydrogen-bond acceptors (Lipinski definition) is 4. The van der Waals surface area contributed by atoms with Gasteiger partial charge in [0.1, 0.15) is 6.04 Å². The van der Waals surface area contributed by atoms with Crippen LogP contribution in [0.4, 0.5) is 4.79 Å². The number of urea groups is 1. The van der Waals surface area contributed by atoms with Crippen molar-refractivity contribution in [2.75, 3.05) is 26.8 Å². The van der Waals surface area contributed by atoms with Gasteiger partial charge in [-0.25, -0.2) is 9.59 Å². The van der Waals surface area contributed by atoms with E-state index in [9.17, 15) is 9.59 Å². The topological polar surface area (TPSA) is 99.1 Å². The average Bonchev–Trinajstić information content (AvgIpc) is 2.80. The SMILES string of the molecule is CN(CC1CCCO1)C(=O)N[C@H](CCO)C(=O)O. The zero-order chi connectivity index (χ0) is 13.5. The van der Waals surface area contributed by atoms with Crippen molar-refractivity contribution in [2.45, 2.75) is 31.4 Å². The lowest BCUT2D eigenvalue weighted by molar-refractivity contribution is -0.139. The van der Waals surface area contributed by atoms with Gasteiger partial charge in [0.2, 0.25) is 0 Å². The minimum atomic E-state index is -1.15. The van der Waals surface area contributed by atoms with Crippen molar-refractivity contribution in [3.63, 3.8) is 0 Å². The van der Waals surface area contributed by atoms with Crippen LogP contribution in [0.25, 0.3) is 0 Å². The highest BCUT2D eigenvalue weighted by atomic mass is 16.5. The summed E-state index contributed by atoms with van der Waals surface area (Å²) in [6.45, 7) is 0.867. The van der Waals surface area contributed by atoms with Crippen LogP contribution >= 0.6 is 0 Å². The number of carboxylic acid groups (broad SMARTS) is 1. The van der Waals surface area contributed by atoms with E-state index in [4.69, 9.17) is 14.9 Å². The molecule has 1 rings (SSSR count). The molecule has 0 aromatic rings. The Morgan fingerprint density at radius 2 is 2.28 bits per heavy atom. The van der Waals surface area contributed by atoms with Gasteiger partial charge >= 0.3 is 12.0 Å². The molecule has 0 saturated carbocycles. The molecule has 1 saturated heterocycles. The number of carboxylic acids is 1. The first kappa shape index (κ1) is 14.7. The lowest BCUT2D eigenvalue weighted by Crippen LogP contribution is -2.48. The predicted molar refractivity (Wildman–Crippen MR) is 63.3 cm³/mol. The molecule has 0 spiro atoms. The number of aliphatic carboxylic acids is 1. The Balaban J connectivity index is 2.39. The molecule has 7 heteroatoms. The summed E-state index contributed by atoms with van der Waals surface area (Å²) in [7, 11) is 1.59. The summed E-state index contributed by atoms with van der Waals surface area (Å²) in [5.74, 6) is -1.15. The third-order valence-electron chi connectivity index (χ3n) is 2.86. The molecule has 2 atom stereocenters. The van der Waals surface area contributed by atoms with E-state index in [1.165, 1.54) is 4.90 Å². The van der Waals surface area contributed by atoms with Gasteiger partial charge in [0.05, 0.1) is 6.10 Å². The fourth-order valence-electron chi connectivity index (χ4n) is 1.82. The highest BCUT2D eigenvalue weighted by molar-refractivity contribution is 5.82. The largest absolute Gasteiger partial charge is 0.480 e. The monoisotopic (exact) mass is 260 g/mol. The standard InChI is InChI=1S/C11H20N2O5/c1-13(7-8-3-2-6-18-8)11(17)12-9(4-5-14)10(15)16/h8-9,14H,2-7H2,1H3,(H,12,17)(H,15,16)/t8?,9-/m1/s1. The van der Waals surface area contributed by atoms with Crippen LogP contribution in [0.15, 0.2) is 0 Å². The quantitative estimate of drug-likeness (QED) is 0.606. The van der Waals surface area contributed by atoms with Crippen molar-refractivity contribution in [1.29, 1.82) is 0 Å². The molecule has 1 fully saturated rings. The van der Waals surface area contributed by atoms with Gasteiger partial charge in [0.25, 0.3) is 0 Å². The number of rotatable bonds is 6. The number of hydrogen-bond donors (Lipinski definition) is 3. The summed E-state index contributed by atoms with van der Waals surface area (Å²) in [5.41, 5.74) is 0. The molecule has 1 unspecified atom stereocenters. The summed E-state index contributed by atoms with van der Waals surface area (Å²) < 4.78 is 5.40. The van der Waals surface area contributed by atoms with Crippen molar-refractivity contribution < 1.29 is 24.5 Å². The first-order valence-electron chi connectivity index (χ1n) is 6.01. The van der Waals surface area contributed by atoms with Crippen molar-refractivity contribution in [3.8, 4) is 0 Å². The van der Waals surface area contributed by atoms with Gasteiger partial charge in [-0.3, -0.25) is 0 Å². The van der Waals surface area contributed by atoms with Gasteiger partial charge in [-0.1, -0.05) is 0 Å². The first-order valence-corrected chi connectivity index (χ1v) is 6.01. The molecule has 0 bridgehead atoms. The Hall–Kier alpha value is -1.34. The number of carbonyl (C=O) groups is 2. The minimum absolute atomic E-state index is 0.00512. The second-order valence-corrected chi connectivity index (χ2v) is 4.37. The Labute approximate surface area is 106 Å². The van der Waals surface area contributed by atoms with Gasteiger partial charge in [-0.15, -0.1) is 0 Å². The highest BCUT2D eigenvalue weighted by Gasteiger charge is 2.24. The molecule has 0 radical (unpaired) electrons. The third kappa shape index (κ3) is 4.50. The Kier molecular flexibility index (Phi) is 5.87. The molecule has 1 heterocycles. The van der Waals surface area contributed by atoms with Gasteiger partial charge in [-0.05, 0) is 12.8 Å². The molecule has 7 nitrogen and oxygen atoms in total. The number of nitrogens with one attached hydrogen (secondary N) is 1. The number of aliphatic hydroxyl groups is 1. The fourth-order valence-corrected chi connectivity index (χ4v) is 1.82. The van der Waals surface area contributed by atoms with Crippen LogP contribution in [-0.4, -0.2) is 66.1 Å². The molecular weight excluding hydrogens is 240 g/mol. The van der Waals surface area contributed by atoms with Crippen LogP contribution in [0.3, 0.4) is 0 Å². The predicted octanol–water partition coefficient (Wildman–Crippen LogP) is -0.358. The molecule has 1 aliphatic rings. The second-order valence-electron chi connectivity index (χ2n) is 4.37. The number of likely N-dealkylation sites (N-methyl/N-ethyl adjacent to an activating group) is 1. The first-order chi connectivity index (χ1) is 8.54. The Morgan fingerprint density at radius 3 is 2.78 bits per heavy atom. The zero-order valence-electron chi connectivity index (χ0n) is 10.5. The number of ether oxygens (including phenoxy) is 1. The van der Waals surface area contributed by atoms with E-state index in [0.717, 1.165) is 12.8 Å². The second kappa shape index (κ2) is 7.17. The van der Waals surface area contributed by atoms with Crippen molar-refractivity contribution in [2.24, 2.45) is 0 Å². The van der Waals surface area contributed by atoms with E-state index in [-0.39, 0.29) is 19.1 Å². The van der Waals surface area contributed by atoms with Crippen LogP contribution in [0.5, 0.6) is 0 Å². The number of nitrogens with zero attached hydrogens (tertiary/aromatic N) is 1. The molecule has 18 heavy (non-hydrogen) atoms. The smallest absolute Gasteiger partial charge is 0.326 e. The Bertz CT molecular complexity index is 291. The summed E-state index contributed by atoms with van der Waals surface area (Å²) in [6, 6.07) is -1.53. The van der Waals surface area contributed by atoms with Crippen molar-refractivity contribution in [3.05, 3.63) is 0 Å². The summed E-state index contributed by atoms with van der Waals surface area (Å²) in [4.78, 5) is 24.0. The van der Waals surface area contributed by atoms with Crippen molar-refractivity contribution in [1.82, 2.24) is 10.2 Å². The average molecular weight is 260 g/mol. The number of carbonyl (C=O) groups excluding carboxylic acids is 1. The summed E-state index contributed by atoms with van der Waals surface area (Å²) in [6.07, 6.45) is 1.93. The molecule has 104 valence electrons. The molecule has 0 aliphatic carbocycles. The van der Waals surface area contributed by atoms with Crippen LogP contribution in [0.2, 0.25) is 0 Å². The third-order valence-corrected chi connectivity index (χ3v) is 2.86. The molecule has 0 aromatic heterocycles. The fraction of sp³-hybridized carbons (Fsp3) is 0.818. The van der Waals surface area contributed by atoms with E-state index < -0.39 is 18.0 Å². The Morgan fingerprint density at radius 1 is 1.56 bits per heavy atom. The van der Waals surface area contributed by atoms with E-state index in [0.29, 0.717) is 13.2 Å². The van der Waals surface area contributed by atoms with Crippen LogP contribution in [0.1, 0.15) is 19.3 Å². The van der Waals surface area contributed by atoms with Gasteiger partial charge in [0, 0.05) is 33.2 Å². The lowest BCUT2D eigenvalue weighted by atomic mass is 10.2.